The first-order chi connectivity index (χ1) is 13.4. The second-order valence-electron chi connectivity index (χ2n) is 7.03. The Labute approximate surface area is 167 Å². The molecule has 1 N–H and O–H groups in total. The van der Waals surface area contributed by atoms with Gasteiger partial charge < -0.3 is 19.7 Å². The molecule has 1 atom stereocenters. The lowest BCUT2D eigenvalue weighted by Crippen LogP contribution is -2.28. The van der Waals surface area contributed by atoms with Gasteiger partial charge >= 0.3 is 0 Å². The summed E-state index contributed by atoms with van der Waals surface area (Å²) in [5, 5.41) is 12.3. The third-order valence-electron chi connectivity index (χ3n) is 4.45. The van der Waals surface area contributed by atoms with Crippen molar-refractivity contribution >= 4 is 34.0 Å². The molecule has 1 aromatic heterocycles. The van der Waals surface area contributed by atoms with Crippen molar-refractivity contribution in [2.75, 3.05) is 31.0 Å². The number of carbonyl (C=O) groups excluding carboxylic acids is 2. The van der Waals surface area contributed by atoms with E-state index in [2.05, 4.69) is 29.4 Å². The average Bonchev–Trinajstić information content (AvgIpc) is 3.26. The molecule has 0 saturated carbocycles. The Bertz CT molecular complexity index is 867. The van der Waals surface area contributed by atoms with Crippen LogP contribution in [0.3, 0.4) is 0 Å². The summed E-state index contributed by atoms with van der Waals surface area (Å²) in [6, 6.07) is 5.24. The van der Waals surface area contributed by atoms with Crippen LogP contribution in [0.15, 0.2) is 18.2 Å². The molecule has 1 unspecified atom stereocenters. The van der Waals surface area contributed by atoms with Crippen molar-refractivity contribution in [3.63, 3.8) is 0 Å². The molecule has 0 radical (unpaired) electrons. The molecule has 1 saturated heterocycles. The van der Waals surface area contributed by atoms with Crippen molar-refractivity contribution in [2.45, 2.75) is 26.7 Å². The number of aromatic nitrogens is 2. The molecule has 1 fully saturated rings. The van der Waals surface area contributed by atoms with Gasteiger partial charge in [0.1, 0.15) is 16.5 Å². The van der Waals surface area contributed by atoms with Gasteiger partial charge in [0, 0.05) is 25.5 Å². The number of nitrogens with zero attached hydrogens (tertiary/aromatic N) is 3. The van der Waals surface area contributed by atoms with Crippen molar-refractivity contribution in [1.29, 1.82) is 0 Å². The molecule has 1 aliphatic rings. The van der Waals surface area contributed by atoms with Crippen LogP contribution >= 0.6 is 11.3 Å². The van der Waals surface area contributed by atoms with E-state index in [0.29, 0.717) is 28.2 Å². The zero-order valence-corrected chi connectivity index (χ0v) is 17.2. The SMILES string of the molecule is COc1ccc(N2CC(C(=O)Nc3nnc(CC(C)C)s3)CC2=O)c(OC)c1. The number of nitrogens with one attached hydrogen (secondary N) is 1. The zero-order chi connectivity index (χ0) is 20.3. The van der Waals surface area contributed by atoms with E-state index in [9.17, 15) is 9.59 Å². The second kappa shape index (κ2) is 8.55. The number of benzene rings is 1. The minimum absolute atomic E-state index is 0.124. The smallest absolute Gasteiger partial charge is 0.231 e. The lowest BCUT2D eigenvalue weighted by Gasteiger charge is -2.20. The van der Waals surface area contributed by atoms with Crippen molar-refractivity contribution in [2.24, 2.45) is 11.8 Å². The highest BCUT2D eigenvalue weighted by Gasteiger charge is 2.36. The number of hydrogen-bond donors (Lipinski definition) is 1. The van der Waals surface area contributed by atoms with Crippen LogP contribution in [0.2, 0.25) is 0 Å². The van der Waals surface area contributed by atoms with E-state index in [4.69, 9.17) is 9.47 Å². The van der Waals surface area contributed by atoms with Crippen LogP contribution in [-0.2, 0) is 16.0 Å². The van der Waals surface area contributed by atoms with Gasteiger partial charge in [0.05, 0.1) is 25.8 Å². The molecular formula is C19H24N4O4S. The maximum absolute atomic E-state index is 12.6. The third kappa shape index (κ3) is 4.41. The van der Waals surface area contributed by atoms with Crippen LogP contribution in [0.5, 0.6) is 11.5 Å². The van der Waals surface area contributed by atoms with E-state index >= 15 is 0 Å². The molecule has 1 aromatic carbocycles. The summed E-state index contributed by atoms with van der Waals surface area (Å²) < 4.78 is 10.6. The van der Waals surface area contributed by atoms with E-state index in [1.165, 1.54) is 18.4 Å². The molecule has 0 bridgehead atoms. The van der Waals surface area contributed by atoms with Crippen LogP contribution in [0, 0.1) is 11.8 Å². The molecule has 3 rings (SSSR count). The lowest BCUT2D eigenvalue weighted by atomic mass is 10.1. The van der Waals surface area contributed by atoms with Crippen molar-refractivity contribution in [3.05, 3.63) is 23.2 Å². The quantitative estimate of drug-likeness (QED) is 0.763. The molecular weight excluding hydrogens is 380 g/mol. The third-order valence-corrected chi connectivity index (χ3v) is 5.31. The molecule has 2 amide bonds. The number of ether oxygens (including phenoxy) is 2. The van der Waals surface area contributed by atoms with Gasteiger partial charge in [-0.2, -0.15) is 0 Å². The van der Waals surface area contributed by atoms with Gasteiger partial charge in [-0.3, -0.25) is 9.59 Å². The van der Waals surface area contributed by atoms with Gasteiger partial charge in [0.15, 0.2) is 0 Å². The Morgan fingerprint density at radius 2 is 2.11 bits per heavy atom. The fraction of sp³-hybridized carbons (Fsp3) is 0.474. The van der Waals surface area contributed by atoms with Crippen molar-refractivity contribution in [1.82, 2.24) is 10.2 Å². The highest BCUT2D eigenvalue weighted by molar-refractivity contribution is 7.15. The van der Waals surface area contributed by atoms with Gasteiger partial charge in [-0.1, -0.05) is 25.2 Å². The standard InChI is InChI=1S/C19H24N4O4S/c1-11(2)7-16-21-22-19(28-16)20-18(25)12-8-17(24)23(10-12)14-6-5-13(26-3)9-15(14)27-4/h5-6,9,11-12H,7-8,10H2,1-4H3,(H,20,22,25). The minimum Gasteiger partial charge on any atom is -0.497 e. The predicted octanol–water partition coefficient (Wildman–Crippen LogP) is 2.75. The molecule has 0 aliphatic carbocycles. The van der Waals surface area contributed by atoms with Crippen LogP contribution in [0.4, 0.5) is 10.8 Å². The van der Waals surface area contributed by atoms with Crippen LogP contribution in [0.25, 0.3) is 0 Å². The van der Waals surface area contributed by atoms with Gasteiger partial charge in [-0.25, -0.2) is 0 Å². The van der Waals surface area contributed by atoms with Gasteiger partial charge in [0.2, 0.25) is 16.9 Å². The largest absolute Gasteiger partial charge is 0.497 e. The number of hydrogen-bond acceptors (Lipinski definition) is 7. The second-order valence-corrected chi connectivity index (χ2v) is 8.09. The normalized spacial score (nSPS) is 16.5. The average molecular weight is 404 g/mol. The van der Waals surface area contributed by atoms with Crippen molar-refractivity contribution in [3.8, 4) is 11.5 Å². The summed E-state index contributed by atoms with van der Waals surface area (Å²) in [6.07, 6.45) is 0.958. The fourth-order valence-electron chi connectivity index (χ4n) is 3.07. The molecule has 2 heterocycles. The molecule has 1 aliphatic heterocycles. The zero-order valence-electron chi connectivity index (χ0n) is 16.4. The summed E-state index contributed by atoms with van der Waals surface area (Å²) in [6.45, 7) is 4.49. The van der Waals surface area contributed by atoms with Crippen LogP contribution in [0.1, 0.15) is 25.3 Å². The number of carbonyl (C=O) groups is 2. The molecule has 0 spiro atoms. The topological polar surface area (TPSA) is 93.6 Å². The number of methoxy groups -OCH3 is 2. The monoisotopic (exact) mass is 404 g/mol. The maximum Gasteiger partial charge on any atom is 0.231 e. The summed E-state index contributed by atoms with van der Waals surface area (Å²) in [7, 11) is 3.10. The Morgan fingerprint density at radius 3 is 2.79 bits per heavy atom. The number of amides is 2. The maximum atomic E-state index is 12.6. The Hall–Kier alpha value is -2.68. The van der Waals surface area contributed by atoms with E-state index in [-0.39, 0.29) is 24.8 Å². The number of rotatable bonds is 7. The Kier molecular flexibility index (Phi) is 6.13. The highest BCUT2D eigenvalue weighted by Crippen LogP contribution is 2.36. The molecule has 8 nitrogen and oxygen atoms in total. The summed E-state index contributed by atoms with van der Waals surface area (Å²) in [4.78, 5) is 26.7. The van der Waals surface area contributed by atoms with E-state index in [1.54, 1.807) is 30.2 Å². The molecule has 2 aromatic rings. The molecule has 9 heteroatoms. The van der Waals surface area contributed by atoms with Gasteiger partial charge in [-0.05, 0) is 18.1 Å². The first kappa shape index (κ1) is 20.1. The van der Waals surface area contributed by atoms with E-state index < -0.39 is 5.92 Å². The minimum atomic E-state index is -0.461. The first-order valence-corrected chi connectivity index (χ1v) is 9.88. The van der Waals surface area contributed by atoms with Crippen LogP contribution in [-0.4, -0.2) is 42.8 Å². The predicted molar refractivity (Wildman–Crippen MR) is 107 cm³/mol. The van der Waals surface area contributed by atoms with Gasteiger partial charge in [0.25, 0.3) is 0 Å². The lowest BCUT2D eigenvalue weighted by molar-refractivity contribution is -0.122. The summed E-state index contributed by atoms with van der Waals surface area (Å²) in [5.41, 5.74) is 0.624. The molecule has 28 heavy (non-hydrogen) atoms. The fourth-order valence-corrected chi connectivity index (χ4v) is 4.02. The number of anilines is 2. The Morgan fingerprint density at radius 1 is 1.32 bits per heavy atom. The van der Waals surface area contributed by atoms with Gasteiger partial charge in [-0.15, -0.1) is 10.2 Å². The Balaban J connectivity index is 1.68. The van der Waals surface area contributed by atoms with Crippen LogP contribution < -0.4 is 19.7 Å². The summed E-state index contributed by atoms with van der Waals surface area (Å²) >= 11 is 1.37. The van der Waals surface area contributed by atoms with E-state index in [0.717, 1.165) is 11.4 Å². The van der Waals surface area contributed by atoms with Crippen molar-refractivity contribution < 1.29 is 19.1 Å². The van der Waals surface area contributed by atoms with E-state index in [1.807, 2.05) is 0 Å². The highest BCUT2D eigenvalue weighted by atomic mass is 32.1. The first-order valence-electron chi connectivity index (χ1n) is 9.07. The summed E-state index contributed by atoms with van der Waals surface area (Å²) in [5.74, 6) is 0.817. The molecule has 150 valence electrons.